The van der Waals surface area contributed by atoms with Crippen LogP contribution in [0.5, 0.6) is 5.75 Å². The van der Waals surface area contributed by atoms with Crippen LogP contribution in [0.1, 0.15) is 11.1 Å². The van der Waals surface area contributed by atoms with Crippen molar-refractivity contribution in [2.45, 2.75) is 6.92 Å². The van der Waals surface area contributed by atoms with Crippen LogP contribution in [0.25, 0.3) is 5.57 Å². The second kappa shape index (κ2) is 8.02. The third-order valence-electron chi connectivity index (χ3n) is 4.94. The number of benzene rings is 3. The van der Waals surface area contributed by atoms with Crippen LogP contribution in [0.2, 0.25) is 0 Å². The molecule has 31 heavy (non-hydrogen) atoms. The molecule has 0 spiro atoms. The van der Waals surface area contributed by atoms with Crippen molar-refractivity contribution in [1.82, 2.24) is 0 Å². The molecule has 1 heterocycles. The molecule has 0 bridgehead atoms. The number of ether oxygens (including phenoxy) is 1. The molecule has 156 valence electrons. The molecule has 0 radical (unpaired) electrons. The molecule has 0 aromatic heterocycles. The third kappa shape index (κ3) is 3.66. The average molecular weight is 420 g/mol. The molecule has 0 fully saturated rings. The number of carbonyl (C=O) groups excluding carboxylic acids is 2. The van der Waals surface area contributed by atoms with Crippen molar-refractivity contribution in [2.75, 3.05) is 17.3 Å². The Morgan fingerprint density at radius 1 is 0.871 bits per heavy atom. The van der Waals surface area contributed by atoms with Gasteiger partial charge in [-0.15, -0.1) is 0 Å². The zero-order valence-corrected chi connectivity index (χ0v) is 16.8. The second-order valence-corrected chi connectivity index (χ2v) is 6.99. The standard InChI is InChI=1S/C24H18F2N2O3/c1-14-7-10-16(11-8-14)28-23(29)21(17-5-3-4-6-20(17)31-2)22(24(28)30)27-15-9-12-18(25)19(26)13-15/h3-13,27H,1-2H3. The van der Waals surface area contributed by atoms with Crippen LogP contribution < -0.4 is 15.0 Å². The lowest BCUT2D eigenvalue weighted by molar-refractivity contribution is -0.120. The van der Waals surface area contributed by atoms with Crippen molar-refractivity contribution in [1.29, 1.82) is 0 Å². The summed E-state index contributed by atoms with van der Waals surface area (Å²) < 4.78 is 32.5. The Balaban J connectivity index is 1.86. The summed E-state index contributed by atoms with van der Waals surface area (Å²) in [6, 6.07) is 16.9. The molecule has 0 unspecified atom stereocenters. The van der Waals surface area contributed by atoms with E-state index in [2.05, 4.69) is 5.32 Å². The Morgan fingerprint density at radius 2 is 1.58 bits per heavy atom. The fourth-order valence-electron chi connectivity index (χ4n) is 3.39. The minimum absolute atomic E-state index is 0.0546. The van der Waals surface area contributed by atoms with Crippen LogP contribution in [0.4, 0.5) is 20.2 Å². The first-order chi connectivity index (χ1) is 14.9. The van der Waals surface area contributed by atoms with Gasteiger partial charge >= 0.3 is 0 Å². The highest BCUT2D eigenvalue weighted by atomic mass is 19.2. The van der Waals surface area contributed by atoms with E-state index >= 15 is 0 Å². The highest BCUT2D eigenvalue weighted by Crippen LogP contribution is 2.37. The number of hydrogen-bond donors (Lipinski definition) is 1. The molecule has 5 nitrogen and oxygen atoms in total. The van der Waals surface area contributed by atoms with E-state index in [4.69, 9.17) is 4.74 Å². The largest absolute Gasteiger partial charge is 0.496 e. The molecule has 1 N–H and O–H groups in total. The fourth-order valence-corrected chi connectivity index (χ4v) is 3.39. The summed E-state index contributed by atoms with van der Waals surface area (Å²) in [7, 11) is 1.46. The molecule has 7 heteroatoms. The van der Waals surface area contributed by atoms with Crippen LogP contribution in [-0.4, -0.2) is 18.9 Å². The number of imide groups is 1. The Labute approximate surface area is 177 Å². The Kier molecular flexibility index (Phi) is 5.25. The number of anilines is 2. The maximum atomic E-state index is 13.7. The smallest absolute Gasteiger partial charge is 0.282 e. The number of nitrogens with zero attached hydrogens (tertiary/aromatic N) is 1. The van der Waals surface area contributed by atoms with Gasteiger partial charge in [0.25, 0.3) is 11.8 Å². The molecule has 3 aromatic carbocycles. The van der Waals surface area contributed by atoms with Crippen molar-refractivity contribution < 1.29 is 23.1 Å². The average Bonchev–Trinajstić information content (AvgIpc) is 3.01. The zero-order valence-electron chi connectivity index (χ0n) is 16.8. The number of hydrogen-bond acceptors (Lipinski definition) is 4. The first kappa shape index (κ1) is 20.3. The van der Waals surface area contributed by atoms with E-state index in [0.29, 0.717) is 17.0 Å². The highest BCUT2D eigenvalue weighted by molar-refractivity contribution is 6.46. The van der Waals surface area contributed by atoms with Gasteiger partial charge in [-0.1, -0.05) is 35.9 Å². The first-order valence-corrected chi connectivity index (χ1v) is 9.46. The lowest BCUT2D eigenvalue weighted by Gasteiger charge is -2.16. The van der Waals surface area contributed by atoms with Gasteiger partial charge in [-0.2, -0.15) is 0 Å². The number of carbonyl (C=O) groups is 2. The molecule has 0 aliphatic carbocycles. The van der Waals surface area contributed by atoms with Gasteiger partial charge in [0, 0.05) is 17.3 Å². The second-order valence-electron chi connectivity index (χ2n) is 6.99. The summed E-state index contributed by atoms with van der Waals surface area (Å²) in [5.41, 5.74) is 1.93. The fraction of sp³-hybridized carbons (Fsp3) is 0.0833. The highest BCUT2D eigenvalue weighted by Gasteiger charge is 2.41. The summed E-state index contributed by atoms with van der Waals surface area (Å²) >= 11 is 0. The van der Waals surface area contributed by atoms with Crippen LogP contribution in [0.15, 0.2) is 72.4 Å². The molecule has 1 aliphatic heterocycles. The number of nitrogens with one attached hydrogen (secondary N) is 1. The van der Waals surface area contributed by atoms with E-state index in [1.807, 2.05) is 6.92 Å². The quantitative estimate of drug-likeness (QED) is 0.609. The summed E-state index contributed by atoms with van der Waals surface area (Å²) in [5.74, 6) is -2.85. The van der Waals surface area contributed by atoms with Crippen LogP contribution in [0.3, 0.4) is 0 Å². The van der Waals surface area contributed by atoms with Crippen molar-refractivity contribution in [3.8, 4) is 5.75 Å². The van der Waals surface area contributed by atoms with Gasteiger partial charge in [0.1, 0.15) is 11.4 Å². The van der Waals surface area contributed by atoms with E-state index in [9.17, 15) is 18.4 Å². The van der Waals surface area contributed by atoms with E-state index in [-0.39, 0.29) is 17.0 Å². The van der Waals surface area contributed by atoms with Crippen molar-refractivity contribution >= 4 is 28.8 Å². The van der Waals surface area contributed by atoms with Gasteiger partial charge in [-0.3, -0.25) is 9.59 Å². The molecule has 3 aromatic rings. The maximum absolute atomic E-state index is 13.7. The molecule has 2 amide bonds. The molecular weight excluding hydrogens is 402 g/mol. The summed E-state index contributed by atoms with van der Waals surface area (Å²) in [5, 5.41) is 2.81. The van der Waals surface area contributed by atoms with Crippen molar-refractivity contribution in [3.05, 3.63) is 95.2 Å². The molecular formula is C24H18F2N2O3. The topological polar surface area (TPSA) is 58.6 Å². The van der Waals surface area contributed by atoms with E-state index in [0.717, 1.165) is 22.6 Å². The number of methoxy groups -OCH3 is 1. The summed E-state index contributed by atoms with van der Waals surface area (Å²) in [6.45, 7) is 1.89. The first-order valence-electron chi connectivity index (χ1n) is 9.46. The van der Waals surface area contributed by atoms with E-state index in [1.165, 1.54) is 13.2 Å². The molecule has 0 atom stereocenters. The predicted octanol–water partition coefficient (Wildman–Crippen LogP) is 4.68. The van der Waals surface area contributed by atoms with Gasteiger partial charge < -0.3 is 10.1 Å². The van der Waals surface area contributed by atoms with Gasteiger partial charge in [-0.25, -0.2) is 13.7 Å². The van der Waals surface area contributed by atoms with Gasteiger partial charge in [0.05, 0.1) is 18.4 Å². The lowest BCUT2D eigenvalue weighted by Crippen LogP contribution is -2.32. The number of halogens is 2. The minimum atomic E-state index is -1.07. The third-order valence-corrected chi connectivity index (χ3v) is 4.94. The van der Waals surface area contributed by atoms with Gasteiger partial charge in [0.2, 0.25) is 0 Å². The Bertz CT molecular complexity index is 1220. The molecule has 4 rings (SSSR count). The van der Waals surface area contributed by atoms with Crippen molar-refractivity contribution in [2.24, 2.45) is 0 Å². The lowest BCUT2D eigenvalue weighted by atomic mass is 10.0. The number of para-hydroxylation sites is 1. The van der Waals surface area contributed by atoms with Gasteiger partial charge in [-0.05, 0) is 37.3 Å². The molecule has 1 aliphatic rings. The number of amides is 2. The zero-order chi connectivity index (χ0) is 22.1. The van der Waals surface area contributed by atoms with Gasteiger partial charge in [0.15, 0.2) is 11.6 Å². The molecule has 0 saturated carbocycles. The summed E-state index contributed by atoms with van der Waals surface area (Å²) in [4.78, 5) is 27.8. The SMILES string of the molecule is COc1ccccc1C1=C(Nc2ccc(F)c(F)c2)C(=O)N(c2ccc(C)cc2)C1=O. The Morgan fingerprint density at radius 3 is 2.26 bits per heavy atom. The van der Waals surface area contributed by atoms with Crippen LogP contribution in [0, 0.1) is 18.6 Å². The monoisotopic (exact) mass is 420 g/mol. The summed E-state index contributed by atoms with van der Waals surface area (Å²) in [6.07, 6.45) is 0. The number of aryl methyl sites for hydroxylation is 1. The predicted molar refractivity (Wildman–Crippen MR) is 114 cm³/mol. The molecule has 0 saturated heterocycles. The van der Waals surface area contributed by atoms with Crippen LogP contribution >= 0.6 is 0 Å². The Hall–Kier alpha value is -4.00. The van der Waals surface area contributed by atoms with E-state index < -0.39 is 23.4 Å². The number of rotatable bonds is 5. The van der Waals surface area contributed by atoms with Crippen molar-refractivity contribution in [3.63, 3.8) is 0 Å². The van der Waals surface area contributed by atoms with E-state index in [1.54, 1.807) is 48.5 Å². The minimum Gasteiger partial charge on any atom is -0.496 e. The maximum Gasteiger partial charge on any atom is 0.282 e. The normalized spacial score (nSPS) is 13.7. The van der Waals surface area contributed by atoms with Crippen LogP contribution in [-0.2, 0) is 9.59 Å².